The Labute approximate surface area is 136 Å². The van der Waals surface area contributed by atoms with E-state index in [2.05, 4.69) is 22.5 Å². The molecule has 0 aliphatic carbocycles. The molecule has 1 aromatic heterocycles. The predicted molar refractivity (Wildman–Crippen MR) is 90.0 cm³/mol. The second-order valence-corrected chi connectivity index (χ2v) is 5.28. The van der Waals surface area contributed by atoms with E-state index in [1.807, 2.05) is 24.3 Å². The van der Waals surface area contributed by atoms with E-state index in [1.54, 1.807) is 18.3 Å². The van der Waals surface area contributed by atoms with Crippen molar-refractivity contribution in [3.05, 3.63) is 59.9 Å². The van der Waals surface area contributed by atoms with Crippen molar-refractivity contribution in [1.82, 2.24) is 10.3 Å². The zero-order valence-corrected chi connectivity index (χ0v) is 13.2. The van der Waals surface area contributed by atoms with Crippen LogP contribution in [0.3, 0.4) is 0 Å². The summed E-state index contributed by atoms with van der Waals surface area (Å²) >= 11 is 0. The van der Waals surface area contributed by atoms with E-state index < -0.39 is 0 Å². The standard InChI is InChI=1S/C18H21N3O2/c1-2-3-9-17(22)21-16-8-4-6-14(11-16)12-20-18(23)15-7-5-10-19-13-15/h4-8,10-11,13H,2-3,9,12H2,1H3,(H,20,23)(H,21,22). The van der Waals surface area contributed by atoms with Crippen LogP contribution >= 0.6 is 0 Å². The lowest BCUT2D eigenvalue weighted by Gasteiger charge is -2.08. The van der Waals surface area contributed by atoms with Crippen molar-refractivity contribution >= 4 is 17.5 Å². The number of carbonyl (C=O) groups excluding carboxylic acids is 2. The Kier molecular flexibility index (Phi) is 6.29. The molecule has 0 atom stereocenters. The number of anilines is 1. The van der Waals surface area contributed by atoms with Crippen molar-refractivity contribution in [3.63, 3.8) is 0 Å². The lowest BCUT2D eigenvalue weighted by atomic mass is 10.2. The van der Waals surface area contributed by atoms with Crippen LogP contribution in [0.25, 0.3) is 0 Å². The minimum absolute atomic E-state index is 0.0170. The highest BCUT2D eigenvalue weighted by Gasteiger charge is 2.06. The summed E-state index contributed by atoms with van der Waals surface area (Å²) in [6.45, 7) is 2.45. The summed E-state index contributed by atoms with van der Waals surface area (Å²) in [6.07, 6.45) is 5.56. The molecule has 23 heavy (non-hydrogen) atoms. The summed E-state index contributed by atoms with van der Waals surface area (Å²) in [6, 6.07) is 10.9. The molecule has 0 saturated carbocycles. The van der Waals surface area contributed by atoms with Crippen LogP contribution in [0.5, 0.6) is 0 Å². The minimum atomic E-state index is -0.171. The zero-order valence-electron chi connectivity index (χ0n) is 13.2. The topological polar surface area (TPSA) is 71.1 Å². The van der Waals surface area contributed by atoms with Gasteiger partial charge in [-0.25, -0.2) is 0 Å². The molecule has 1 heterocycles. The summed E-state index contributed by atoms with van der Waals surface area (Å²) in [5.41, 5.74) is 2.20. The third-order valence-electron chi connectivity index (χ3n) is 3.34. The van der Waals surface area contributed by atoms with Crippen molar-refractivity contribution < 1.29 is 9.59 Å². The van der Waals surface area contributed by atoms with Crippen molar-refractivity contribution in [2.24, 2.45) is 0 Å². The number of amides is 2. The second-order valence-electron chi connectivity index (χ2n) is 5.28. The molecule has 5 nitrogen and oxygen atoms in total. The van der Waals surface area contributed by atoms with Gasteiger partial charge in [0.1, 0.15) is 0 Å². The van der Waals surface area contributed by atoms with E-state index in [-0.39, 0.29) is 11.8 Å². The SMILES string of the molecule is CCCCC(=O)Nc1cccc(CNC(=O)c2cccnc2)c1. The lowest BCUT2D eigenvalue weighted by molar-refractivity contribution is -0.116. The molecular weight excluding hydrogens is 290 g/mol. The molecule has 0 aliphatic rings. The molecule has 1 aromatic carbocycles. The number of nitrogens with zero attached hydrogens (tertiary/aromatic N) is 1. The summed E-state index contributed by atoms with van der Waals surface area (Å²) in [5.74, 6) is -0.154. The Bertz CT molecular complexity index is 656. The largest absolute Gasteiger partial charge is 0.348 e. The number of benzene rings is 1. The van der Waals surface area contributed by atoms with Crippen molar-refractivity contribution in [3.8, 4) is 0 Å². The molecule has 5 heteroatoms. The van der Waals surface area contributed by atoms with Crippen LogP contribution in [0.15, 0.2) is 48.8 Å². The van der Waals surface area contributed by atoms with E-state index in [4.69, 9.17) is 0 Å². The summed E-state index contributed by atoms with van der Waals surface area (Å²) < 4.78 is 0. The molecule has 2 aromatic rings. The van der Waals surface area contributed by atoms with E-state index >= 15 is 0 Å². The van der Waals surface area contributed by atoms with Crippen molar-refractivity contribution in [2.45, 2.75) is 32.7 Å². The summed E-state index contributed by atoms with van der Waals surface area (Å²) in [7, 11) is 0. The molecule has 2 rings (SSSR count). The predicted octanol–water partition coefficient (Wildman–Crippen LogP) is 3.14. The molecule has 0 radical (unpaired) electrons. The van der Waals surface area contributed by atoms with Gasteiger partial charge in [0.15, 0.2) is 0 Å². The second kappa shape index (κ2) is 8.68. The highest BCUT2D eigenvalue weighted by atomic mass is 16.2. The van der Waals surface area contributed by atoms with Crippen LogP contribution in [0.4, 0.5) is 5.69 Å². The first kappa shape index (κ1) is 16.7. The van der Waals surface area contributed by atoms with E-state index in [0.29, 0.717) is 18.5 Å². The molecule has 0 unspecified atom stereocenters. The number of carbonyl (C=O) groups is 2. The first-order valence-corrected chi connectivity index (χ1v) is 7.76. The smallest absolute Gasteiger partial charge is 0.253 e. The molecule has 2 amide bonds. The van der Waals surface area contributed by atoms with E-state index in [9.17, 15) is 9.59 Å². The molecule has 0 bridgehead atoms. The van der Waals surface area contributed by atoms with Gasteiger partial charge in [-0.1, -0.05) is 25.5 Å². The maximum absolute atomic E-state index is 12.0. The molecule has 2 N–H and O–H groups in total. The average molecular weight is 311 g/mol. The highest BCUT2D eigenvalue weighted by Crippen LogP contribution is 2.12. The summed E-state index contributed by atoms with van der Waals surface area (Å²) in [5, 5.41) is 5.71. The van der Waals surface area contributed by atoms with Gasteiger partial charge in [-0.05, 0) is 36.2 Å². The van der Waals surface area contributed by atoms with E-state index in [0.717, 1.165) is 24.1 Å². The van der Waals surface area contributed by atoms with E-state index in [1.165, 1.54) is 6.20 Å². The number of unbranched alkanes of at least 4 members (excludes halogenated alkanes) is 1. The Morgan fingerprint density at radius 3 is 2.78 bits per heavy atom. The van der Waals surface area contributed by atoms with Crippen LogP contribution in [0, 0.1) is 0 Å². The van der Waals surface area contributed by atoms with Gasteiger partial charge in [0.25, 0.3) is 5.91 Å². The summed E-state index contributed by atoms with van der Waals surface area (Å²) in [4.78, 5) is 27.6. The first-order chi connectivity index (χ1) is 11.2. The number of pyridine rings is 1. The van der Waals surface area contributed by atoms with Gasteiger partial charge in [-0.15, -0.1) is 0 Å². The lowest BCUT2D eigenvalue weighted by Crippen LogP contribution is -2.23. The van der Waals surface area contributed by atoms with Crippen molar-refractivity contribution in [1.29, 1.82) is 0 Å². The van der Waals surface area contributed by atoms with Gasteiger partial charge in [0.2, 0.25) is 5.91 Å². The first-order valence-electron chi connectivity index (χ1n) is 7.76. The van der Waals surface area contributed by atoms with Gasteiger partial charge in [0, 0.05) is 31.0 Å². The number of aromatic nitrogens is 1. The fraction of sp³-hybridized carbons (Fsp3) is 0.278. The third-order valence-corrected chi connectivity index (χ3v) is 3.34. The van der Waals surface area contributed by atoms with Crippen LogP contribution in [-0.4, -0.2) is 16.8 Å². The van der Waals surface area contributed by atoms with Crippen molar-refractivity contribution in [2.75, 3.05) is 5.32 Å². The quantitative estimate of drug-likeness (QED) is 0.825. The number of nitrogens with one attached hydrogen (secondary N) is 2. The minimum Gasteiger partial charge on any atom is -0.348 e. The molecule has 0 saturated heterocycles. The fourth-order valence-electron chi connectivity index (χ4n) is 2.10. The molecule has 0 aliphatic heterocycles. The normalized spacial score (nSPS) is 10.1. The Morgan fingerprint density at radius 1 is 1.17 bits per heavy atom. The maximum Gasteiger partial charge on any atom is 0.253 e. The van der Waals surface area contributed by atoms with Gasteiger partial charge in [-0.2, -0.15) is 0 Å². The van der Waals surface area contributed by atoms with Gasteiger partial charge in [-0.3, -0.25) is 14.6 Å². The number of hydrogen-bond donors (Lipinski definition) is 2. The molecule has 120 valence electrons. The monoisotopic (exact) mass is 311 g/mol. The molecular formula is C18H21N3O2. The Balaban J connectivity index is 1.90. The van der Waals surface area contributed by atoms with Crippen LogP contribution in [0.2, 0.25) is 0 Å². The average Bonchev–Trinajstić information content (AvgIpc) is 2.59. The third kappa shape index (κ3) is 5.54. The van der Waals surface area contributed by atoms with Crippen LogP contribution < -0.4 is 10.6 Å². The Morgan fingerprint density at radius 2 is 2.04 bits per heavy atom. The zero-order chi connectivity index (χ0) is 16.5. The molecule has 0 spiro atoms. The maximum atomic E-state index is 12.0. The van der Waals surface area contributed by atoms with Gasteiger partial charge < -0.3 is 10.6 Å². The number of hydrogen-bond acceptors (Lipinski definition) is 3. The van der Waals surface area contributed by atoms with Crippen LogP contribution in [-0.2, 0) is 11.3 Å². The molecule has 0 fully saturated rings. The number of rotatable bonds is 7. The van der Waals surface area contributed by atoms with Gasteiger partial charge in [0.05, 0.1) is 5.56 Å². The van der Waals surface area contributed by atoms with Gasteiger partial charge >= 0.3 is 0 Å². The Hall–Kier alpha value is -2.69. The highest BCUT2D eigenvalue weighted by molar-refractivity contribution is 5.93. The fourth-order valence-corrected chi connectivity index (χ4v) is 2.10. The van der Waals surface area contributed by atoms with Crippen LogP contribution in [0.1, 0.15) is 42.1 Å².